The molecule has 130 valence electrons. The van der Waals surface area contributed by atoms with Crippen LogP contribution in [0.5, 0.6) is 0 Å². The lowest BCUT2D eigenvalue weighted by Gasteiger charge is -2.36. The van der Waals surface area contributed by atoms with Gasteiger partial charge in [0.25, 0.3) is 0 Å². The molecule has 0 bridgehead atoms. The van der Waals surface area contributed by atoms with Gasteiger partial charge in [-0.1, -0.05) is 0 Å². The highest BCUT2D eigenvalue weighted by molar-refractivity contribution is 5.06. The van der Waals surface area contributed by atoms with Crippen LogP contribution in [0.25, 0.3) is 0 Å². The van der Waals surface area contributed by atoms with E-state index in [2.05, 4.69) is 22.9 Å². The van der Waals surface area contributed by atoms with Gasteiger partial charge in [0.1, 0.15) is 5.76 Å². The van der Waals surface area contributed by atoms with E-state index in [0.29, 0.717) is 17.9 Å². The lowest BCUT2D eigenvalue weighted by Crippen LogP contribution is -2.44. The zero-order valence-electron chi connectivity index (χ0n) is 14.3. The molecule has 0 unspecified atom stereocenters. The number of hydrogen-bond acceptors (Lipinski definition) is 5. The Kier molecular flexibility index (Phi) is 4.74. The molecule has 2 fully saturated rings. The first kappa shape index (κ1) is 15.9. The van der Waals surface area contributed by atoms with Crippen molar-refractivity contribution in [1.29, 1.82) is 0 Å². The Labute approximate surface area is 143 Å². The first-order valence-corrected chi connectivity index (χ1v) is 8.84. The Hall–Kier alpha value is -1.56. The fourth-order valence-corrected chi connectivity index (χ4v) is 4.11. The number of ether oxygens (including phenoxy) is 1. The molecular weight excluding hydrogens is 304 g/mol. The van der Waals surface area contributed by atoms with Gasteiger partial charge in [0.2, 0.25) is 0 Å². The number of rotatable bonds is 6. The third-order valence-electron chi connectivity index (χ3n) is 5.38. The average Bonchev–Trinajstić information content (AvgIpc) is 3.31. The molecule has 0 aliphatic carbocycles. The van der Waals surface area contributed by atoms with Crippen LogP contribution in [0, 0.1) is 11.8 Å². The molecule has 24 heavy (non-hydrogen) atoms. The molecule has 5 heteroatoms. The highest BCUT2D eigenvalue weighted by Gasteiger charge is 2.41. The molecule has 3 atom stereocenters. The van der Waals surface area contributed by atoms with Crippen LogP contribution < -0.4 is 0 Å². The van der Waals surface area contributed by atoms with Gasteiger partial charge in [0.15, 0.2) is 0 Å². The molecule has 4 rings (SSSR count). The van der Waals surface area contributed by atoms with Crippen molar-refractivity contribution >= 4 is 0 Å². The van der Waals surface area contributed by atoms with Crippen molar-refractivity contribution in [3.05, 3.63) is 48.3 Å². The van der Waals surface area contributed by atoms with Gasteiger partial charge in [-0.25, -0.2) is 0 Å². The number of likely N-dealkylation sites (N-methyl/N-ethyl adjacent to an activating group) is 1. The van der Waals surface area contributed by atoms with Crippen LogP contribution in [0.1, 0.15) is 17.7 Å². The lowest BCUT2D eigenvalue weighted by atomic mass is 9.84. The van der Waals surface area contributed by atoms with Crippen LogP contribution in [-0.2, 0) is 17.8 Å². The molecule has 0 N–H and O–H groups in total. The minimum Gasteiger partial charge on any atom is -0.472 e. The zero-order chi connectivity index (χ0) is 16.4. The average molecular weight is 330 g/mol. The first-order chi connectivity index (χ1) is 11.8. The number of nitrogens with zero attached hydrogens (tertiary/aromatic N) is 2. The van der Waals surface area contributed by atoms with E-state index in [4.69, 9.17) is 13.6 Å². The van der Waals surface area contributed by atoms with Crippen molar-refractivity contribution < 1.29 is 13.6 Å². The van der Waals surface area contributed by atoms with Crippen molar-refractivity contribution in [3.63, 3.8) is 0 Å². The minimum absolute atomic E-state index is 0.321. The molecule has 0 saturated carbocycles. The highest BCUT2D eigenvalue weighted by Crippen LogP contribution is 2.35. The molecule has 0 spiro atoms. The van der Waals surface area contributed by atoms with Gasteiger partial charge >= 0.3 is 0 Å². The second-order valence-corrected chi connectivity index (χ2v) is 7.23. The van der Waals surface area contributed by atoms with Crippen LogP contribution in [0.3, 0.4) is 0 Å². The molecule has 2 aliphatic rings. The lowest BCUT2D eigenvalue weighted by molar-refractivity contribution is 0.0459. The third kappa shape index (κ3) is 3.58. The predicted octanol–water partition coefficient (Wildman–Crippen LogP) is 2.84. The van der Waals surface area contributed by atoms with Gasteiger partial charge in [0.05, 0.1) is 38.0 Å². The quantitative estimate of drug-likeness (QED) is 0.815. The zero-order valence-corrected chi connectivity index (χ0v) is 14.3. The second kappa shape index (κ2) is 7.13. The van der Waals surface area contributed by atoms with Crippen molar-refractivity contribution in [2.24, 2.45) is 11.8 Å². The van der Waals surface area contributed by atoms with Crippen molar-refractivity contribution in [1.82, 2.24) is 9.80 Å². The van der Waals surface area contributed by atoms with E-state index in [0.717, 1.165) is 45.1 Å². The third-order valence-corrected chi connectivity index (χ3v) is 5.38. The number of likely N-dealkylation sites (tertiary alicyclic amines) is 1. The van der Waals surface area contributed by atoms with Crippen molar-refractivity contribution in [2.45, 2.75) is 25.6 Å². The number of fused-ring (bicyclic) bond motifs is 1. The van der Waals surface area contributed by atoms with E-state index >= 15 is 0 Å². The summed E-state index contributed by atoms with van der Waals surface area (Å²) in [5.74, 6) is 2.36. The Bertz CT molecular complexity index is 611. The fourth-order valence-electron chi connectivity index (χ4n) is 4.11. The molecule has 5 nitrogen and oxygen atoms in total. The van der Waals surface area contributed by atoms with Crippen LogP contribution in [0.4, 0.5) is 0 Å². The molecule has 0 radical (unpaired) electrons. The summed E-state index contributed by atoms with van der Waals surface area (Å²) >= 11 is 0. The van der Waals surface area contributed by atoms with Gasteiger partial charge in [-0.05, 0) is 44.1 Å². The van der Waals surface area contributed by atoms with Gasteiger partial charge in [-0.15, -0.1) is 0 Å². The predicted molar refractivity (Wildman–Crippen MR) is 90.4 cm³/mol. The molecule has 0 amide bonds. The van der Waals surface area contributed by atoms with E-state index in [-0.39, 0.29) is 0 Å². The smallest absolute Gasteiger partial charge is 0.117 e. The molecule has 2 aromatic rings. The van der Waals surface area contributed by atoms with Crippen molar-refractivity contribution in [2.75, 3.05) is 33.3 Å². The van der Waals surface area contributed by atoms with Crippen LogP contribution in [-0.4, -0.2) is 49.2 Å². The summed E-state index contributed by atoms with van der Waals surface area (Å²) in [5, 5.41) is 0. The Morgan fingerprint density at radius 2 is 2.25 bits per heavy atom. The van der Waals surface area contributed by atoms with Crippen LogP contribution in [0.2, 0.25) is 0 Å². The van der Waals surface area contributed by atoms with E-state index in [9.17, 15) is 0 Å². The van der Waals surface area contributed by atoms with Crippen LogP contribution >= 0.6 is 0 Å². The summed E-state index contributed by atoms with van der Waals surface area (Å²) in [7, 11) is 2.14. The minimum atomic E-state index is 0.321. The summed E-state index contributed by atoms with van der Waals surface area (Å²) in [6, 6.07) is 6.04. The number of furan rings is 2. The largest absolute Gasteiger partial charge is 0.472 e. The molecular formula is C19H26N2O3. The first-order valence-electron chi connectivity index (χ1n) is 8.84. The molecule has 2 aliphatic heterocycles. The van der Waals surface area contributed by atoms with E-state index in [1.54, 1.807) is 12.5 Å². The normalized spacial score (nSPS) is 27.7. The summed E-state index contributed by atoms with van der Waals surface area (Å²) in [5.41, 5.74) is 1.26. The summed E-state index contributed by atoms with van der Waals surface area (Å²) < 4.78 is 16.8. The van der Waals surface area contributed by atoms with E-state index in [1.165, 1.54) is 12.0 Å². The Morgan fingerprint density at radius 1 is 1.29 bits per heavy atom. The second-order valence-electron chi connectivity index (χ2n) is 7.23. The van der Waals surface area contributed by atoms with Gasteiger partial charge in [0, 0.05) is 31.1 Å². The monoisotopic (exact) mass is 330 g/mol. The Morgan fingerprint density at radius 3 is 3.04 bits per heavy atom. The van der Waals surface area contributed by atoms with Gasteiger partial charge in [-0.2, -0.15) is 0 Å². The van der Waals surface area contributed by atoms with Crippen LogP contribution in [0.15, 0.2) is 45.8 Å². The molecule has 0 aromatic carbocycles. The highest BCUT2D eigenvalue weighted by atomic mass is 16.5. The topological polar surface area (TPSA) is 42.0 Å². The van der Waals surface area contributed by atoms with E-state index < -0.39 is 0 Å². The van der Waals surface area contributed by atoms with E-state index in [1.807, 2.05) is 18.4 Å². The number of piperidine rings is 1. The van der Waals surface area contributed by atoms with Gasteiger partial charge in [-0.3, -0.25) is 9.80 Å². The Balaban J connectivity index is 1.33. The van der Waals surface area contributed by atoms with Crippen molar-refractivity contribution in [3.8, 4) is 0 Å². The summed E-state index contributed by atoms with van der Waals surface area (Å²) in [4.78, 5) is 4.85. The van der Waals surface area contributed by atoms with Gasteiger partial charge < -0.3 is 13.6 Å². The maximum atomic E-state index is 6.16. The maximum Gasteiger partial charge on any atom is 0.117 e. The molecule has 4 heterocycles. The number of hydrogen-bond donors (Lipinski definition) is 0. The summed E-state index contributed by atoms with van der Waals surface area (Å²) in [6.07, 6.45) is 6.90. The fraction of sp³-hybridized carbons (Fsp3) is 0.579. The molecule has 2 aromatic heterocycles. The maximum absolute atomic E-state index is 6.16. The SMILES string of the molecule is CN(Cc1ccco1)C[C@H]1OC[C@@H]2CCN(Cc3ccoc3)C[C@@H]21. The molecule has 2 saturated heterocycles. The summed E-state index contributed by atoms with van der Waals surface area (Å²) in [6.45, 7) is 5.97. The standard InChI is InChI=1S/C19H26N2O3/c1-20(10-17-3-2-7-23-17)12-19-18-11-21(6-4-16(18)14-24-19)9-15-5-8-22-13-15/h2-3,5,7-8,13,16,18-19H,4,6,9-12,14H2,1H3/t16-,18-,19+/m0/s1.